The Morgan fingerprint density at radius 1 is 0.667 bits per heavy atom. The summed E-state index contributed by atoms with van der Waals surface area (Å²) in [7, 11) is 3.31. The standard InChI is InChI=1S/C14H32N2O4P2S2/c1-13(2,3)15-21(23,19-11-9-17-7)16(14(4,5)6)22(15,24)20-12-10-18-8/h9-12H2,1-8H3. The van der Waals surface area contributed by atoms with Gasteiger partial charge in [-0.1, -0.05) is 0 Å². The molecule has 24 heavy (non-hydrogen) atoms. The summed E-state index contributed by atoms with van der Waals surface area (Å²) in [5, 5.41) is 0. The monoisotopic (exact) mass is 418 g/mol. The van der Waals surface area contributed by atoms with E-state index >= 15 is 0 Å². The van der Waals surface area contributed by atoms with Gasteiger partial charge in [-0.25, -0.2) is 0 Å². The number of nitrogens with zero attached hydrogens (tertiary/aromatic N) is 2. The molecule has 0 spiro atoms. The van der Waals surface area contributed by atoms with E-state index in [9.17, 15) is 0 Å². The minimum atomic E-state index is -2.46. The van der Waals surface area contributed by atoms with Crippen molar-refractivity contribution < 1.29 is 18.5 Å². The zero-order valence-corrected chi connectivity index (χ0v) is 19.5. The first-order valence-corrected chi connectivity index (χ1v) is 13.2. The molecule has 0 aromatic heterocycles. The van der Waals surface area contributed by atoms with Gasteiger partial charge >= 0.3 is 0 Å². The molecule has 1 saturated heterocycles. The topological polar surface area (TPSA) is 43.4 Å². The number of hydrogen-bond acceptors (Lipinski definition) is 6. The van der Waals surface area contributed by atoms with Crippen LogP contribution in [0.5, 0.6) is 0 Å². The van der Waals surface area contributed by atoms with E-state index in [1.807, 2.05) is 0 Å². The molecular weight excluding hydrogens is 386 g/mol. The van der Waals surface area contributed by atoms with Crippen LogP contribution in [-0.4, -0.2) is 60.6 Å². The lowest BCUT2D eigenvalue weighted by atomic mass is 10.1. The van der Waals surface area contributed by atoms with E-state index in [4.69, 9.17) is 42.1 Å². The van der Waals surface area contributed by atoms with Gasteiger partial charge in [0, 0.05) is 25.3 Å². The zero-order chi connectivity index (χ0) is 18.8. The van der Waals surface area contributed by atoms with Gasteiger partial charge in [0.05, 0.1) is 26.4 Å². The Morgan fingerprint density at radius 2 is 0.958 bits per heavy atom. The second-order valence-corrected chi connectivity index (χ2v) is 15.1. The Morgan fingerprint density at radius 3 is 1.17 bits per heavy atom. The molecule has 0 aromatic carbocycles. The SMILES string of the molecule is COCCOP1(=S)N(C(C)(C)C)P(=S)(OCCOC)N1C(C)(C)C. The third-order valence-electron chi connectivity index (χ3n) is 3.25. The van der Waals surface area contributed by atoms with Crippen LogP contribution in [0.4, 0.5) is 0 Å². The van der Waals surface area contributed by atoms with Crippen molar-refractivity contribution in [3.8, 4) is 0 Å². The van der Waals surface area contributed by atoms with Crippen molar-refractivity contribution in [2.24, 2.45) is 0 Å². The van der Waals surface area contributed by atoms with E-state index in [1.165, 1.54) is 0 Å². The van der Waals surface area contributed by atoms with Crippen LogP contribution >= 0.6 is 13.1 Å². The largest absolute Gasteiger partial charge is 0.382 e. The maximum absolute atomic E-state index is 6.19. The molecule has 0 aromatic rings. The number of hydrogen-bond donors (Lipinski definition) is 0. The van der Waals surface area contributed by atoms with E-state index in [1.54, 1.807) is 14.2 Å². The van der Waals surface area contributed by atoms with Crippen molar-refractivity contribution in [1.82, 2.24) is 8.88 Å². The van der Waals surface area contributed by atoms with Crippen LogP contribution < -0.4 is 0 Å². The molecule has 6 nitrogen and oxygen atoms in total. The van der Waals surface area contributed by atoms with Crippen molar-refractivity contribution in [3.05, 3.63) is 0 Å². The lowest BCUT2D eigenvalue weighted by molar-refractivity contribution is 0.108. The van der Waals surface area contributed by atoms with Gasteiger partial charge in [0.1, 0.15) is 0 Å². The summed E-state index contributed by atoms with van der Waals surface area (Å²) in [6, 6.07) is 0. The molecule has 0 saturated carbocycles. The Bertz CT molecular complexity index is 458. The molecule has 0 N–H and O–H groups in total. The Hall–Kier alpha value is 1.06. The zero-order valence-electron chi connectivity index (χ0n) is 16.1. The predicted octanol–water partition coefficient (Wildman–Crippen LogP) is 3.98. The van der Waals surface area contributed by atoms with Gasteiger partial charge in [-0.2, -0.15) is 8.88 Å². The molecular formula is C14H32N2O4P2S2. The van der Waals surface area contributed by atoms with Crippen LogP contribution in [0.25, 0.3) is 0 Å². The van der Waals surface area contributed by atoms with Gasteiger partial charge in [-0.3, -0.25) is 0 Å². The first-order valence-electron chi connectivity index (χ1n) is 7.95. The van der Waals surface area contributed by atoms with Gasteiger partial charge in [0.2, 0.25) is 13.1 Å². The molecule has 0 atom stereocenters. The minimum absolute atomic E-state index is 0.243. The second-order valence-electron chi connectivity index (χ2n) is 7.55. The summed E-state index contributed by atoms with van der Waals surface area (Å²) in [4.78, 5) is 0. The molecule has 1 aliphatic rings. The van der Waals surface area contributed by atoms with Crippen LogP contribution in [0.2, 0.25) is 0 Å². The maximum atomic E-state index is 6.19. The van der Waals surface area contributed by atoms with Crippen molar-refractivity contribution in [1.29, 1.82) is 0 Å². The Kier molecular flexibility index (Phi) is 8.07. The van der Waals surface area contributed by atoms with Gasteiger partial charge < -0.3 is 18.5 Å². The quantitative estimate of drug-likeness (QED) is 0.433. The predicted molar refractivity (Wildman–Crippen MR) is 107 cm³/mol. The van der Waals surface area contributed by atoms with Gasteiger partial charge in [-0.05, 0) is 65.2 Å². The summed E-state index contributed by atoms with van der Waals surface area (Å²) in [6.45, 7) is 9.61. The molecule has 1 fully saturated rings. The van der Waals surface area contributed by atoms with E-state index < -0.39 is 13.1 Å². The Balaban J connectivity index is 3.24. The average Bonchev–Trinajstić information content (AvgIpc) is 2.34. The molecule has 1 aliphatic heterocycles. The van der Waals surface area contributed by atoms with Crippen LogP contribution in [-0.2, 0) is 42.1 Å². The third kappa shape index (κ3) is 4.66. The molecule has 1 heterocycles. The van der Waals surface area contributed by atoms with E-state index in [0.717, 1.165) is 0 Å². The molecule has 0 unspecified atom stereocenters. The molecule has 0 radical (unpaired) electrons. The summed E-state index contributed by atoms with van der Waals surface area (Å²) < 4.78 is 26.9. The fraction of sp³-hybridized carbons (Fsp3) is 1.00. The summed E-state index contributed by atoms with van der Waals surface area (Å²) in [6.07, 6.45) is 0. The number of ether oxygens (including phenoxy) is 2. The summed E-state index contributed by atoms with van der Waals surface area (Å²) in [5.41, 5.74) is -0.486. The van der Waals surface area contributed by atoms with Gasteiger partial charge in [0.15, 0.2) is 0 Å². The van der Waals surface area contributed by atoms with E-state index in [-0.39, 0.29) is 11.1 Å². The fourth-order valence-corrected chi connectivity index (χ4v) is 18.2. The first kappa shape index (κ1) is 23.1. The summed E-state index contributed by atoms with van der Waals surface area (Å²) >= 11 is 12.1. The number of methoxy groups -OCH3 is 2. The van der Waals surface area contributed by atoms with Crippen molar-refractivity contribution in [2.45, 2.75) is 52.6 Å². The second kappa shape index (κ2) is 8.39. The highest BCUT2D eigenvalue weighted by molar-refractivity contribution is 8.27. The fourth-order valence-electron chi connectivity index (χ4n) is 2.63. The van der Waals surface area contributed by atoms with Gasteiger partial charge in [-0.15, -0.1) is 0 Å². The first-order chi connectivity index (χ1) is 10.9. The molecule has 1 rings (SSSR count). The van der Waals surface area contributed by atoms with Crippen LogP contribution in [0.1, 0.15) is 41.5 Å². The lowest BCUT2D eigenvalue weighted by Crippen LogP contribution is -2.57. The lowest BCUT2D eigenvalue weighted by Gasteiger charge is -2.66. The van der Waals surface area contributed by atoms with E-state index in [2.05, 4.69) is 50.4 Å². The normalized spacial score (nSPS) is 29.7. The summed E-state index contributed by atoms with van der Waals surface area (Å²) in [5.74, 6) is 0. The van der Waals surface area contributed by atoms with Crippen LogP contribution in [0, 0.1) is 0 Å². The molecule has 144 valence electrons. The van der Waals surface area contributed by atoms with E-state index in [0.29, 0.717) is 26.4 Å². The van der Waals surface area contributed by atoms with Crippen LogP contribution in [0.3, 0.4) is 0 Å². The maximum Gasteiger partial charge on any atom is 0.218 e. The van der Waals surface area contributed by atoms with Crippen LogP contribution in [0.15, 0.2) is 0 Å². The third-order valence-corrected chi connectivity index (χ3v) is 15.6. The minimum Gasteiger partial charge on any atom is -0.382 e. The molecule has 10 heteroatoms. The van der Waals surface area contributed by atoms with Crippen molar-refractivity contribution in [2.75, 3.05) is 40.6 Å². The molecule has 0 aliphatic carbocycles. The van der Waals surface area contributed by atoms with Crippen molar-refractivity contribution in [3.63, 3.8) is 0 Å². The molecule has 0 amide bonds. The highest BCUT2D eigenvalue weighted by atomic mass is 32.5. The van der Waals surface area contributed by atoms with Crippen molar-refractivity contribution >= 4 is 36.7 Å². The molecule has 0 bridgehead atoms. The average molecular weight is 419 g/mol. The highest BCUT2D eigenvalue weighted by Crippen LogP contribution is 2.90. The number of rotatable bonds is 8. The smallest absolute Gasteiger partial charge is 0.218 e. The highest BCUT2D eigenvalue weighted by Gasteiger charge is 2.66. The van der Waals surface area contributed by atoms with Gasteiger partial charge in [0.25, 0.3) is 0 Å². The Labute approximate surface area is 157 Å².